The highest BCUT2D eigenvalue weighted by Gasteiger charge is 2.26. The first-order valence-corrected chi connectivity index (χ1v) is 7.21. The summed E-state index contributed by atoms with van der Waals surface area (Å²) in [6.45, 7) is -0.148. The molecule has 0 aliphatic rings. The normalized spacial score (nSPS) is 12.6. The number of hydrogen-bond acceptors (Lipinski definition) is 3. The summed E-state index contributed by atoms with van der Waals surface area (Å²) < 4.78 is 74.3. The molecule has 0 bridgehead atoms. The van der Waals surface area contributed by atoms with E-state index in [-0.39, 0.29) is 30.0 Å². The zero-order chi connectivity index (χ0) is 15.4. The fraction of sp³-hybridized carbons (Fsp3) is 0.455. The molecule has 3 N–H and O–H groups in total. The Kier molecular flexibility index (Phi) is 5.35. The summed E-state index contributed by atoms with van der Waals surface area (Å²) in [7, 11) is -3.94. The second kappa shape index (κ2) is 6.40. The van der Waals surface area contributed by atoms with Crippen molar-refractivity contribution in [3.05, 3.63) is 24.0 Å². The van der Waals surface area contributed by atoms with E-state index in [1.165, 1.54) is 0 Å². The summed E-state index contributed by atoms with van der Waals surface area (Å²) in [4.78, 5) is -0.319. The molecular weight excluding hydrogens is 300 g/mol. The number of nitrogens with two attached hydrogens (primary N) is 1. The van der Waals surface area contributed by atoms with Crippen molar-refractivity contribution in [2.24, 2.45) is 0 Å². The third-order valence-corrected chi connectivity index (χ3v) is 3.92. The van der Waals surface area contributed by atoms with Crippen molar-refractivity contribution in [3.63, 3.8) is 0 Å². The number of nitrogen functional groups attached to an aromatic ring is 1. The van der Waals surface area contributed by atoms with Crippen LogP contribution in [0.25, 0.3) is 0 Å². The van der Waals surface area contributed by atoms with Crippen molar-refractivity contribution in [1.82, 2.24) is 4.72 Å². The lowest BCUT2D eigenvalue weighted by molar-refractivity contribution is -0.135. The van der Waals surface area contributed by atoms with Gasteiger partial charge in [-0.2, -0.15) is 13.2 Å². The first-order chi connectivity index (χ1) is 9.12. The Morgan fingerprint density at radius 1 is 1.20 bits per heavy atom. The van der Waals surface area contributed by atoms with E-state index in [4.69, 9.17) is 5.73 Å². The van der Waals surface area contributed by atoms with Crippen molar-refractivity contribution in [1.29, 1.82) is 0 Å². The van der Waals surface area contributed by atoms with Gasteiger partial charge in [0, 0.05) is 13.0 Å². The van der Waals surface area contributed by atoms with Crippen LogP contribution in [0.15, 0.2) is 23.1 Å². The Morgan fingerprint density at radius 2 is 1.85 bits per heavy atom. The summed E-state index contributed by atoms with van der Waals surface area (Å²) in [6.07, 6.45) is -5.36. The summed E-state index contributed by atoms with van der Waals surface area (Å²) in [5.41, 5.74) is 5.03. The largest absolute Gasteiger partial charge is 0.396 e. The molecule has 0 radical (unpaired) electrons. The molecule has 1 rings (SSSR count). The SMILES string of the molecule is Nc1ccc(S(=O)(=O)NCCCCC(F)(F)F)cc1F. The molecule has 0 saturated carbocycles. The standard InChI is InChI=1S/C11H14F4N2O2S/c12-9-7-8(3-4-10(9)16)20(18,19)17-6-2-1-5-11(13,14)15/h3-4,7,17H,1-2,5-6,16H2. The first-order valence-electron chi connectivity index (χ1n) is 5.73. The van der Waals surface area contributed by atoms with Gasteiger partial charge in [0.05, 0.1) is 10.6 Å². The molecule has 0 amide bonds. The maximum absolute atomic E-state index is 13.1. The smallest absolute Gasteiger partial charge is 0.389 e. The van der Waals surface area contributed by atoms with Crippen LogP contribution in [0, 0.1) is 5.82 Å². The molecule has 4 nitrogen and oxygen atoms in total. The second-order valence-corrected chi connectivity index (χ2v) is 5.92. The molecule has 0 fully saturated rings. The van der Waals surface area contributed by atoms with E-state index in [0.717, 1.165) is 18.2 Å². The highest BCUT2D eigenvalue weighted by Crippen LogP contribution is 2.22. The molecule has 1 aromatic rings. The van der Waals surface area contributed by atoms with Crippen molar-refractivity contribution in [2.45, 2.75) is 30.3 Å². The molecule has 0 aliphatic carbocycles. The van der Waals surface area contributed by atoms with Gasteiger partial charge < -0.3 is 5.73 Å². The fourth-order valence-electron chi connectivity index (χ4n) is 1.42. The van der Waals surface area contributed by atoms with Gasteiger partial charge in [0.1, 0.15) is 5.82 Å². The number of sulfonamides is 1. The Balaban J connectivity index is 2.52. The lowest BCUT2D eigenvalue weighted by Crippen LogP contribution is -2.25. The van der Waals surface area contributed by atoms with Crippen molar-refractivity contribution in [3.8, 4) is 0 Å². The van der Waals surface area contributed by atoms with Crippen LogP contribution in [0.4, 0.5) is 23.2 Å². The minimum atomic E-state index is -4.25. The lowest BCUT2D eigenvalue weighted by Gasteiger charge is -2.08. The predicted octanol–water partition coefficient (Wildman–Crippen LogP) is 2.42. The molecule has 0 unspecified atom stereocenters. The van der Waals surface area contributed by atoms with Gasteiger partial charge in [-0.05, 0) is 31.0 Å². The van der Waals surface area contributed by atoms with Gasteiger partial charge in [-0.3, -0.25) is 0 Å². The Hall–Kier alpha value is -1.35. The zero-order valence-electron chi connectivity index (χ0n) is 10.4. The highest BCUT2D eigenvalue weighted by molar-refractivity contribution is 7.89. The molecular formula is C11H14F4N2O2S. The monoisotopic (exact) mass is 314 g/mol. The van der Waals surface area contributed by atoms with Gasteiger partial charge in [0.2, 0.25) is 10.0 Å². The molecule has 0 aromatic heterocycles. The van der Waals surface area contributed by atoms with Crippen LogP contribution < -0.4 is 10.5 Å². The highest BCUT2D eigenvalue weighted by atomic mass is 32.2. The summed E-state index contributed by atoms with van der Waals surface area (Å²) in [5, 5.41) is 0. The molecule has 20 heavy (non-hydrogen) atoms. The lowest BCUT2D eigenvalue weighted by atomic mass is 10.2. The number of nitrogens with one attached hydrogen (secondary N) is 1. The molecule has 0 spiro atoms. The first kappa shape index (κ1) is 16.7. The molecule has 1 aromatic carbocycles. The fourth-order valence-corrected chi connectivity index (χ4v) is 2.50. The summed E-state index contributed by atoms with van der Waals surface area (Å²) in [5.74, 6) is -0.870. The van der Waals surface area contributed by atoms with E-state index >= 15 is 0 Å². The number of unbranched alkanes of at least 4 members (excludes halogenated alkanes) is 1. The average Bonchev–Trinajstić information content (AvgIpc) is 2.30. The zero-order valence-corrected chi connectivity index (χ0v) is 11.2. The molecule has 114 valence electrons. The van der Waals surface area contributed by atoms with Gasteiger partial charge in [0.15, 0.2) is 0 Å². The Bertz CT molecular complexity index is 558. The number of hydrogen-bond donors (Lipinski definition) is 2. The van der Waals surface area contributed by atoms with E-state index < -0.39 is 28.4 Å². The second-order valence-electron chi connectivity index (χ2n) is 4.15. The van der Waals surface area contributed by atoms with E-state index in [0.29, 0.717) is 0 Å². The number of halogens is 4. The molecule has 0 aliphatic heterocycles. The maximum Gasteiger partial charge on any atom is 0.389 e. The number of rotatable bonds is 6. The van der Waals surface area contributed by atoms with Gasteiger partial charge in [0.25, 0.3) is 0 Å². The van der Waals surface area contributed by atoms with Crippen molar-refractivity contribution in [2.75, 3.05) is 12.3 Å². The van der Waals surface area contributed by atoms with Crippen LogP contribution in [-0.4, -0.2) is 21.1 Å². The minimum absolute atomic E-state index is 0.0379. The van der Waals surface area contributed by atoms with Gasteiger partial charge >= 0.3 is 6.18 Å². The van der Waals surface area contributed by atoms with Gasteiger partial charge in [-0.1, -0.05) is 0 Å². The molecule has 0 heterocycles. The van der Waals surface area contributed by atoms with Crippen molar-refractivity contribution >= 4 is 15.7 Å². The Labute approximate surface area is 114 Å². The van der Waals surface area contributed by atoms with Crippen LogP contribution in [0.1, 0.15) is 19.3 Å². The quantitative estimate of drug-likeness (QED) is 0.481. The molecule has 0 atom stereocenters. The number of alkyl halides is 3. The topological polar surface area (TPSA) is 72.2 Å². The average molecular weight is 314 g/mol. The van der Waals surface area contributed by atoms with Crippen LogP contribution >= 0.6 is 0 Å². The maximum atomic E-state index is 13.1. The third kappa shape index (κ3) is 5.33. The van der Waals surface area contributed by atoms with E-state index in [1.54, 1.807) is 0 Å². The van der Waals surface area contributed by atoms with E-state index in [2.05, 4.69) is 4.72 Å². The molecule has 0 saturated heterocycles. The van der Waals surface area contributed by atoms with Crippen LogP contribution in [0.3, 0.4) is 0 Å². The third-order valence-electron chi connectivity index (χ3n) is 2.46. The van der Waals surface area contributed by atoms with Crippen molar-refractivity contribution < 1.29 is 26.0 Å². The van der Waals surface area contributed by atoms with E-state index in [1.807, 2.05) is 0 Å². The van der Waals surface area contributed by atoms with Crippen LogP contribution in [0.2, 0.25) is 0 Å². The minimum Gasteiger partial charge on any atom is -0.396 e. The van der Waals surface area contributed by atoms with Gasteiger partial charge in [-0.15, -0.1) is 0 Å². The van der Waals surface area contributed by atoms with Crippen LogP contribution in [-0.2, 0) is 10.0 Å². The molecule has 9 heteroatoms. The van der Waals surface area contributed by atoms with Crippen LogP contribution in [0.5, 0.6) is 0 Å². The van der Waals surface area contributed by atoms with Gasteiger partial charge in [-0.25, -0.2) is 17.5 Å². The summed E-state index contributed by atoms with van der Waals surface area (Å²) >= 11 is 0. The number of benzene rings is 1. The summed E-state index contributed by atoms with van der Waals surface area (Å²) in [6, 6.07) is 2.98. The number of anilines is 1. The predicted molar refractivity (Wildman–Crippen MR) is 65.9 cm³/mol. The van der Waals surface area contributed by atoms with E-state index in [9.17, 15) is 26.0 Å². The Morgan fingerprint density at radius 3 is 2.40 bits per heavy atom.